The summed E-state index contributed by atoms with van der Waals surface area (Å²) in [5.41, 5.74) is 1.43. The van der Waals surface area contributed by atoms with Crippen LogP contribution >= 0.6 is 0 Å². The molecular formula is C16H11NO4. The highest BCUT2D eigenvalue weighted by atomic mass is 16.6. The lowest BCUT2D eigenvalue weighted by Gasteiger charge is -2.01. The average molecular weight is 281 g/mol. The number of nitrogens with zero attached hydrogens (tertiary/aromatic N) is 1. The summed E-state index contributed by atoms with van der Waals surface area (Å²) in [6.07, 6.45) is 1.38. The second-order valence-corrected chi connectivity index (χ2v) is 4.63. The first-order chi connectivity index (χ1) is 10.2. The van der Waals surface area contributed by atoms with E-state index in [0.717, 1.165) is 5.39 Å². The molecule has 0 N–H and O–H groups in total. The zero-order chi connectivity index (χ0) is 14.8. The Morgan fingerprint density at radius 1 is 1.10 bits per heavy atom. The van der Waals surface area contributed by atoms with Gasteiger partial charge in [0.2, 0.25) is 0 Å². The topological polar surface area (TPSA) is 73.3 Å². The number of para-hydroxylation sites is 2. The van der Waals surface area contributed by atoms with E-state index < -0.39 is 4.92 Å². The zero-order valence-electron chi connectivity index (χ0n) is 11.0. The number of benzene rings is 2. The Morgan fingerprint density at radius 3 is 2.62 bits per heavy atom. The SMILES string of the molecule is O=C(Cc1ccccc1[N+](=O)[O-])c1coc2ccccc12. The van der Waals surface area contributed by atoms with E-state index in [1.54, 1.807) is 30.3 Å². The molecule has 3 rings (SSSR count). The smallest absolute Gasteiger partial charge is 0.273 e. The molecule has 0 fully saturated rings. The Bertz CT molecular complexity index is 835. The minimum absolute atomic E-state index is 0.0271. The predicted molar refractivity (Wildman–Crippen MR) is 77.3 cm³/mol. The summed E-state index contributed by atoms with van der Waals surface area (Å²) in [5.74, 6) is -0.200. The maximum atomic E-state index is 12.4. The van der Waals surface area contributed by atoms with Crippen molar-refractivity contribution in [1.82, 2.24) is 0 Å². The molecule has 5 heteroatoms. The van der Waals surface area contributed by atoms with Crippen LogP contribution in [0.15, 0.2) is 59.2 Å². The summed E-state index contributed by atoms with van der Waals surface area (Å²) < 4.78 is 5.33. The van der Waals surface area contributed by atoms with E-state index in [1.807, 2.05) is 12.1 Å². The maximum absolute atomic E-state index is 12.4. The highest BCUT2D eigenvalue weighted by molar-refractivity contribution is 6.08. The van der Waals surface area contributed by atoms with Gasteiger partial charge in [-0.25, -0.2) is 0 Å². The third-order valence-corrected chi connectivity index (χ3v) is 3.32. The number of hydrogen-bond donors (Lipinski definition) is 0. The normalized spacial score (nSPS) is 10.7. The molecule has 0 bridgehead atoms. The van der Waals surface area contributed by atoms with Gasteiger partial charge >= 0.3 is 0 Å². The highest BCUT2D eigenvalue weighted by Gasteiger charge is 2.19. The van der Waals surface area contributed by atoms with Gasteiger partial charge in [-0.05, 0) is 6.07 Å². The Balaban J connectivity index is 1.96. The van der Waals surface area contributed by atoms with Crippen LogP contribution in [0.5, 0.6) is 0 Å². The van der Waals surface area contributed by atoms with Gasteiger partial charge in [0.25, 0.3) is 5.69 Å². The number of hydrogen-bond acceptors (Lipinski definition) is 4. The van der Waals surface area contributed by atoms with Crippen molar-refractivity contribution < 1.29 is 14.1 Å². The van der Waals surface area contributed by atoms with Crippen molar-refractivity contribution in [3.8, 4) is 0 Å². The first-order valence-electron chi connectivity index (χ1n) is 6.38. The lowest BCUT2D eigenvalue weighted by molar-refractivity contribution is -0.385. The van der Waals surface area contributed by atoms with E-state index in [0.29, 0.717) is 16.7 Å². The quantitative estimate of drug-likeness (QED) is 0.414. The third kappa shape index (κ3) is 2.41. The van der Waals surface area contributed by atoms with Gasteiger partial charge in [-0.15, -0.1) is 0 Å². The molecule has 21 heavy (non-hydrogen) atoms. The van der Waals surface area contributed by atoms with E-state index in [2.05, 4.69) is 0 Å². The minimum Gasteiger partial charge on any atom is -0.464 e. The summed E-state index contributed by atoms with van der Waals surface area (Å²) in [7, 11) is 0. The maximum Gasteiger partial charge on any atom is 0.273 e. The number of fused-ring (bicyclic) bond motifs is 1. The molecule has 0 saturated heterocycles. The van der Waals surface area contributed by atoms with Gasteiger partial charge in [0.05, 0.1) is 10.5 Å². The molecule has 0 amide bonds. The number of nitro groups is 1. The second kappa shape index (κ2) is 5.20. The van der Waals surface area contributed by atoms with Crippen LogP contribution in [0.3, 0.4) is 0 Å². The first-order valence-corrected chi connectivity index (χ1v) is 6.38. The lowest BCUT2D eigenvalue weighted by atomic mass is 10.0. The molecule has 1 heterocycles. The number of carbonyl (C=O) groups excluding carboxylic acids is 1. The van der Waals surface area contributed by atoms with Gasteiger partial charge in [0.1, 0.15) is 11.8 Å². The number of Topliss-reactive ketones (excluding diaryl/α,β-unsaturated/α-hetero) is 1. The molecule has 3 aromatic rings. The fourth-order valence-electron chi connectivity index (χ4n) is 2.30. The minimum atomic E-state index is -0.476. The van der Waals surface area contributed by atoms with Crippen LogP contribution in [0.4, 0.5) is 5.69 Å². The van der Waals surface area contributed by atoms with Crippen molar-refractivity contribution in [3.63, 3.8) is 0 Å². The largest absolute Gasteiger partial charge is 0.464 e. The number of ketones is 1. The molecule has 104 valence electrons. The van der Waals surface area contributed by atoms with Gasteiger partial charge in [0.15, 0.2) is 5.78 Å². The summed E-state index contributed by atoms with van der Waals surface area (Å²) >= 11 is 0. The van der Waals surface area contributed by atoms with E-state index in [-0.39, 0.29) is 17.9 Å². The van der Waals surface area contributed by atoms with Crippen LogP contribution in [0.1, 0.15) is 15.9 Å². The van der Waals surface area contributed by atoms with E-state index in [4.69, 9.17) is 4.42 Å². The molecule has 2 aromatic carbocycles. The number of rotatable bonds is 4. The van der Waals surface area contributed by atoms with Gasteiger partial charge in [0, 0.05) is 23.4 Å². The summed E-state index contributed by atoms with van der Waals surface area (Å²) in [6, 6.07) is 13.5. The molecule has 0 aliphatic carbocycles. The van der Waals surface area contributed by atoms with Crippen molar-refractivity contribution in [2.75, 3.05) is 0 Å². The van der Waals surface area contributed by atoms with Gasteiger partial charge in [-0.1, -0.05) is 36.4 Å². The molecule has 5 nitrogen and oxygen atoms in total. The van der Waals surface area contributed by atoms with Crippen molar-refractivity contribution in [2.24, 2.45) is 0 Å². The van der Waals surface area contributed by atoms with Crippen molar-refractivity contribution >= 4 is 22.4 Å². The van der Waals surface area contributed by atoms with Crippen molar-refractivity contribution in [1.29, 1.82) is 0 Å². The van der Waals surface area contributed by atoms with E-state index in [9.17, 15) is 14.9 Å². The number of nitro benzene ring substituents is 1. The van der Waals surface area contributed by atoms with Crippen LogP contribution in [-0.4, -0.2) is 10.7 Å². The summed E-state index contributed by atoms with van der Waals surface area (Å²) in [5, 5.41) is 11.7. The molecule has 0 spiro atoms. The fourth-order valence-corrected chi connectivity index (χ4v) is 2.30. The highest BCUT2D eigenvalue weighted by Crippen LogP contribution is 2.24. The Hall–Kier alpha value is -2.95. The van der Waals surface area contributed by atoms with Crippen LogP contribution in [0.2, 0.25) is 0 Å². The Kier molecular flexibility index (Phi) is 3.23. The van der Waals surface area contributed by atoms with Crippen LogP contribution < -0.4 is 0 Å². The molecule has 0 unspecified atom stereocenters. The van der Waals surface area contributed by atoms with Crippen molar-refractivity contribution in [3.05, 3.63) is 76.0 Å². The van der Waals surface area contributed by atoms with Crippen LogP contribution in [-0.2, 0) is 6.42 Å². The zero-order valence-corrected chi connectivity index (χ0v) is 11.0. The number of carbonyl (C=O) groups is 1. The van der Waals surface area contributed by atoms with Crippen molar-refractivity contribution in [2.45, 2.75) is 6.42 Å². The average Bonchev–Trinajstić information content (AvgIpc) is 2.91. The van der Waals surface area contributed by atoms with Gasteiger partial charge in [-0.3, -0.25) is 14.9 Å². The molecule has 0 aliphatic rings. The molecule has 0 radical (unpaired) electrons. The van der Waals surface area contributed by atoms with Gasteiger partial charge in [-0.2, -0.15) is 0 Å². The molecule has 1 aromatic heterocycles. The molecule has 0 aliphatic heterocycles. The standard InChI is InChI=1S/C16H11NO4/c18-15(9-11-5-1-3-7-14(11)17(19)20)13-10-21-16-8-4-2-6-12(13)16/h1-8,10H,9H2. The first kappa shape index (κ1) is 13.1. The summed E-state index contributed by atoms with van der Waals surface area (Å²) in [4.78, 5) is 22.9. The van der Waals surface area contributed by atoms with E-state index >= 15 is 0 Å². The monoisotopic (exact) mass is 281 g/mol. The third-order valence-electron chi connectivity index (χ3n) is 3.32. The van der Waals surface area contributed by atoms with Crippen LogP contribution in [0.25, 0.3) is 11.0 Å². The number of furan rings is 1. The van der Waals surface area contributed by atoms with E-state index in [1.165, 1.54) is 12.3 Å². The lowest BCUT2D eigenvalue weighted by Crippen LogP contribution is -2.05. The molecule has 0 atom stereocenters. The Labute approximate surface area is 120 Å². The molecule has 0 saturated carbocycles. The molecular weight excluding hydrogens is 270 g/mol. The van der Waals surface area contributed by atoms with Crippen LogP contribution in [0, 0.1) is 10.1 Å². The summed E-state index contributed by atoms with van der Waals surface area (Å²) in [6.45, 7) is 0. The van der Waals surface area contributed by atoms with Gasteiger partial charge < -0.3 is 4.42 Å². The Morgan fingerprint density at radius 2 is 1.81 bits per heavy atom. The second-order valence-electron chi connectivity index (χ2n) is 4.63. The fraction of sp³-hybridized carbons (Fsp3) is 0.0625. The predicted octanol–water partition coefficient (Wildman–Crippen LogP) is 3.77.